The van der Waals surface area contributed by atoms with Gasteiger partial charge in [0.05, 0.1) is 12.4 Å². The number of aromatic nitrogens is 2. The third kappa shape index (κ3) is 3.88. The lowest BCUT2D eigenvalue weighted by atomic mass is 10.2. The van der Waals surface area contributed by atoms with Crippen molar-refractivity contribution in [2.24, 2.45) is 0 Å². The van der Waals surface area contributed by atoms with Crippen molar-refractivity contribution in [1.29, 1.82) is 0 Å². The first-order chi connectivity index (χ1) is 9.54. The molecule has 6 heteroatoms. The summed E-state index contributed by atoms with van der Waals surface area (Å²) in [6.45, 7) is 6.39. The van der Waals surface area contributed by atoms with Crippen LogP contribution in [0.15, 0.2) is 35.3 Å². The molecule has 0 aromatic carbocycles. The van der Waals surface area contributed by atoms with Crippen molar-refractivity contribution < 1.29 is 9.21 Å². The molecule has 0 saturated carbocycles. The Morgan fingerprint density at radius 3 is 2.80 bits per heavy atom. The Hall–Kier alpha value is -2.24. The van der Waals surface area contributed by atoms with Crippen LogP contribution in [0.3, 0.4) is 0 Å². The van der Waals surface area contributed by atoms with Gasteiger partial charge in [-0.3, -0.25) is 0 Å². The summed E-state index contributed by atoms with van der Waals surface area (Å²) in [4.78, 5) is 15.9. The molecule has 2 rings (SSSR count). The van der Waals surface area contributed by atoms with E-state index in [9.17, 15) is 4.79 Å². The zero-order valence-corrected chi connectivity index (χ0v) is 12.0. The van der Waals surface area contributed by atoms with Crippen molar-refractivity contribution in [2.75, 3.05) is 0 Å². The maximum atomic E-state index is 11.9. The van der Waals surface area contributed by atoms with Gasteiger partial charge in [0.15, 0.2) is 0 Å². The number of furan rings is 1. The fourth-order valence-corrected chi connectivity index (χ4v) is 1.98. The Kier molecular flexibility index (Phi) is 4.45. The minimum atomic E-state index is -0.209. The molecule has 2 atom stereocenters. The van der Waals surface area contributed by atoms with E-state index in [1.54, 1.807) is 12.5 Å². The maximum Gasteiger partial charge on any atom is 0.315 e. The van der Waals surface area contributed by atoms with E-state index in [0.29, 0.717) is 6.54 Å². The number of aryl methyl sites for hydroxylation is 1. The predicted octanol–water partition coefficient (Wildman–Crippen LogP) is 2.23. The molecule has 2 unspecified atom stereocenters. The summed E-state index contributed by atoms with van der Waals surface area (Å²) in [6.07, 6.45) is 5.31. The highest BCUT2D eigenvalue weighted by atomic mass is 16.3. The summed E-state index contributed by atoms with van der Waals surface area (Å²) in [5.41, 5.74) is 0. The first-order valence-corrected chi connectivity index (χ1v) is 6.63. The van der Waals surface area contributed by atoms with Gasteiger partial charge in [0.25, 0.3) is 0 Å². The quantitative estimate of drug-likeness (QED) is 0.879. The van der Waals surface area contributed by atoms with Crippen LogP contribution >= 0.6 is 0 Å². The van der Waals surface area contributed by atoms with E-state index < -0.39 is 0 Å². The molecule has 0 bridgehead atoms. The highest BCUT2D eigenvalue weighted by Crippen LogP contribution is 2.15. The first kappa shape index (κ1) is 14.2. The fraction of sp³-hybridized carbons (Fsp3) is 0.429. The summed E-state index contributed by atoms with van der Waals surface area (Å²) >= 11 is 0. The molecule has 108 valence electrons. The highest BCUT2D eigenvalue weighted by molar-refractivity contribution is 5.74. The minimum Gasteiger partial charge on any atom is -0.464 e. The number of hydrogen-bond acceptors (Lipinski definition) is 3. The molecule has 0 radical (unpaired) electrons. The van der Waals surface area contributed by atoms with Gasteiger partial charge >= 0.3 is 6.03 Å². The molecule has 0 aliphatic rings. The van der Waals surface area contributed by atoms with Crippen molar-refractivity contribution in [3.63, 3.8) is 0 Å². The van der Waals surface area contributed by atoms with E-state index in [2.05, 4.69) is 15.6 Å². The Morgan fingerprint density at radius 2 is 2.20 bits per heavy atom. The van der Waals surface area contributed by atoms with Crippen LogP contribution in [0.4, 0.5) is 4.79 Å². The van der Waals surface area contributed by atoms with E-state index in [1.807, 2.05) is 43.7 Å². The van der Waals surface area contributed by atoms with Crippen LogP contribution in [0.2, 0.25) is 0 Å². The van der Waals surface area contributed by atoms with Gasteiger partial charge in [0.2, 0.25) is 0 Å². The monoisotopic (exact) mass is 276 g/mol. The van der Waals surface area contributed by atoms with Crippen LogP contribution in [0.1, 0.15) is 31.4 Å². The van der Waals surface area contributed by atoms with Crippen LogP contribution in [0.5, 0.6) is 0 Å². The average molecular weight is 276 g/mol. The third-order valence-electron chi connectivity index (χ3n) is 2.96. The van der Waals surface area contributed by atoms with E-state index >= 15 is 0 Å². The zero-order chi connectivity index (χ0) is 14.5. The second-order valence-corrected chi connectivity index (χ2v) is 4.95. The Morgan fingerprint density at radius 1 is 1.40 bits per heavy atom. The number of amides is 2. The lowest BCUT2D eigenvalue weighted by Crippen LogP contribution is -2.43. The lowest BCUT2D eigenvalue weighted by Gasteiger charge is -2.17. The molecule has 20 heavy (non-hydrogen) atoms. The number of hydrogen-bond donors (Lipinski definition) is 2. The lowest BCUT2D eigenvalue weighted by molar-refractivity contribution is 0.231. The van der Waals surface area contributed by atoms with Crippen LogP contribution in [0, 0.1) is 6.92 Å². The van der Waals surface area contributed by atoms with Gasteiger partial charge in [-0.05, 0) is 32.9 Å². The van der Waals surface area contributed by atoms with Crippen LogP contribution < -0.4 is 10.6 Å². The van der Waals surface area contributed by atoms with Crippen LogP contribution in [0.25, 0.3) is 0 Å². The number of rotatable bonds is 5. The molecule has 6 nitrogen and oxygen atoms in total. The SMILES string of the molecule is Cc1ccc(C(C)NC(=O)NC(C)Cn2ccnc2)o1. The zero-order valence-electron chi connectivity index (χ0n) is 12.0. The molecular formula is C14H20N4O2. The molecule has 0 aliphatic heterocycles. The van der Waals surface area contributed by atoms with E-state index in [4.69, 9.17) is 4.42 Å². The van der Waals surface area contributed by atoms with Crippen molar-refractivity contribution in [3.8, 4) is 0 Å². The van der Waals surface area contributed by atoms with Gasteiger partial charge in [-0.1, -0.05) is 0 Å². The topological polar surface area (TPSA) is 72.1 Å². The van der Waals surface area contributed by atoms with E-state index in [0.717, 1.165) is 11.5 Å². The third-order valence-corrected chi connectivity index (χ3v) is 2.96. The maximum absolute atomic E-state index is 11.9. The van der Waals surface area contributed by atoms with Crippen LogP contribution in [-0.4, -0.2) is 21.6 Å². The van der Waals surface area contributed by atoms with E-state index in [1.165, 1.54) is 0 Å². The Labute approximate surface area is 118 Å². The number of nitrogens with one attached hydrogen (secondary N) is 2. The standard InChI is InChI=1S/C14H20N4O2/c1-10(8-18-7-6-15-9-18)16-14(19)17-12(3)13-5-4-11(2)20-13/h4-7,9-10,12H,8H2,1-3H3,(H2,16,17,19). The summed E-state index contributed by atoms with van der Waals surface area (Å²) in [6, 6.07) is 3.39. The van der Waals surface area contributed by atoms with Gasteiger partial charge in [-0.2, -0.15) is 0 Å². The van der Waals surface area contributed by atoms with Gasteiger partial charge in [-0.15, -0.1) is 0 Å². The average Bonchev–Trinajstić information content (AvgIpc) is 3.00. The molecule has 0 spiro atoms. The van der Waals surface area contributed by atoms with Gasteiger partial charge in [-0.25, -0.2) is 9.78 Å². The van der Waals surface area contributed by atoms with Gasteiger partial charge < -0.3 is 19.6 Å². The van der Waals surface area contributed by atoms with E-state index in [-0.39, 0.29) is 18.1 Å². The summed E-state index contributed by atoms with van der Waals surface area (Å²) in [5, 5.41) is 5.74. The minimum absolute atomic E-state index is 0.00902. The van der Waals surface area contributed by atoms with Crippen molar-refractivity contribution in [3.05, 3.63) is 42.4 Å². The second-order valence-electron chi connectivity index (χ2n) is 4.95. The number of carbonyl (C=O) groups excluding carboxylic acids is 1. The second kappa shape index (κ2) is 6.27. The largest absolute Gasteiger partial charge is 0.464 e. The Bertz CT molecular complexity index is 547. The molecule has 0 fully saturated rings. The predicted molar refractivity (Wildman–Crippen MR) is 75.2 cm³/mol. The summed E-state index contributed by atoms with van der Waals surface area (Å²) in [5.74, 6) is 1.59. The number of urea groups is 1. The summed E-state index contributed by atoms with van der Waals surface area (Å²) < 4.78 is 7.40. The number of imidazole rings is 1. The number of nitrogens with zero attached hydrogens (tertiary/aromatic N) is 2. The fourth-order valence-electron chi connectivity index (χ4n) is 1.98. The molecule has 2 heterocycles. The molecule has 2 aromatic rings. The van der Waals surface area contributed by atoms with Gasteiger partial charge in [0, 0.05) is 25.0 Å². The number of carbonyl (C=O) groups is 1. The first-order valence-electron chi connectivity index (χ1n) is 6.63. The molecule has 2 amide bonds. The molecule has 0 saturated heterocycles. The normalized spacial score (nSPS) is 13.8. The van der Waals surface area contributed by atoms with Crippen molar-refractivity contribution in [2.45, 2.75) is 39.4 Å². The van der Waals surface area contributed by atoms with Gasteiger partial charge in [0.1, 0.15) is 11.5 Å². The van der Waals surface area contributed by atoms with Crippen LogP contribution in [-0.2, 0) is 6.54 Å². The highest BCUT2D eigenvalue weighted by Gasteiger charge is 2.14. The smallest absolute Gasteiger partial charge is 0.315 e. The molecule has 0 aliphatic carbocycles. The molecule has 2 aromatic heterocycles. The van der Waals surface area contributed by atoms with Crippen molar-refractivity contribution in [1.82, 2.24) is 20.2 Å². The molecule has 2 N–H and O–H groups in total. The summed E-state index contributed by atoms with van der Waals surface area (Å²) in [7, 11) is 0. The van der Waals surface area contributed by atoms with Crippen molar-refractivity contribution >= 4 is 6.03 Å². The Balaban J connectivity index is 1.80. The molecular weight excluding hydrogens is 256 g/mol.